The molecule has 4 heterocycles. The maximum Gasteiger partial charge on any atom is 0.303 e. The minimum absolute atomic E-state index is 0.0459. The normalized spacial score (nSPS) is 21.3. The molecule has 0 fully saturated rings. The highest BCUT2D eigenvalue weighted by molar-refractivity contribution is 6.07. The lowest BCUT2D eigenvalue weighted by Crippen LogP contribution is -2.31. The topological polar surface area (TPSA) is 161 Å². The fourth-order valence-corrected chi connectivity index (χ4v) is 6.49. The molecule has 0 unspecified atom stereocenters. The number of hydrogen-bond acceptors (Lipinski definition) is 5. The number of nitrogens with zero attached hydrogens (tertiary/aromatic N) is 1. The average Bonchev–Trinajstić information content (AvgIpc) is 3.59. The Hall–Kier alpha value is -4.21. The minimum Gasteiger partial charge on any atom is -0.481 e. The number of aromatic amines is 1. The second kappa shape index (κ2) is 13.0. The second-order valence-electron chi connectivity index (χ2n) is 11.6. The summed E-state index contributed by atoms with van der Waals surface area (Å²) in [6.07, 6.45) is 4.84. The van der Waals surface area contributed by atoms with Gasteiger partial charge < -0.3 is 25.8 Å². The molecule has 0 aliphatic carbocycles. The Balaban J connectivity index is 1.74. The highest BCUT2D eigenvalue weighted by Crippen LogP contribution is 2.35. The Morgan fingerprint density at radius 2 is 1.49 bits per heavy atom. The van der Waals surface area contributed by atoms with Crippen molar-refractivity contribution in [2.45, 2.75) is 105 Å². The van der Waals surface area contributed by atoms with Crippen molar-refractivity contribution in [3.63, 3.8) is 0 Å². The Morgan fingerprint density at radius 1 is 0.837 bits per heavy atom. The molecule has 0 saturated carbocycles. The minimum atomic E-state index is -0.906. The first-order valence-electron chi connectivity index (χ1n) is 15.0. The van der Waals surface area contributed by atoms with E-state index in [0.717, 1.165) is 68.1 Å². The molecule has 2 amide bonds. The van der Waals surface area contributed by atoms with Gasteiger partial charge in [0.05, 0.1) is 17.8 Å². The van der Waals surface area contributed by atoms with Gasteiger partial charge in [-0.1, -0.05) is 13.8 Å². The molecule has 1 aromatic rings. The molecule has 1 aromatic heterocycles. The van der Waals surface area contributed by atoms with Crippen LogP contribution in [-0.4, -0.2) is 56.7 Å². The number of aliphatic carboxylic acids is 2. The van der Waals surface area contributed by atoms with E-state index < -0.39 is 11.9 Å². The summed E-state index contributed by atoms with van der Waals surface area (Å²) in [5.74, 6) is -1.93. The zero-order valence-corrected chi connectivity index (χ0v) is 25.9. The predicted molar refractivity (Wildman–Crippen MR) is 165 cm³/mol. The van der Waals surface area contributed by atoms with Crippen molar-refractivity contribution in [1.29, 1.82) is 0 Å². The first-order valence-corrected chi connectivity index (χ1v) is 15.0. The number of aliphatic imine (C=N–C) groups is 1. The van der Waals surface area contributed by atoms with Crippen molar-refractivity contribution in [2.24, 2.45) is 4.99 Å². The van der Waals surface area contributed by atoms with E-state index in [4.69, 9.17) is 4.99 Å². The Kier molecular flexibility index (Phi) is 9.57. The van der Waals surface area contributed by atoms with Crippen molar-refractivity contribution < 1.29 is 29.4 Å². The molecule has 2 atom stereocenters. The second-order valence-corrected chi connectivity index (χ2v) is 11.6. The summed E-state index contributed by atoms with van der Waals surface area (Å²) in [6.45, 7) is 11.7. The van der Waals surface area contributed by atoms with Crippen LogP contribution in [0, 0.1) is 6.92 Å². The van der Waals surface area contributed by atoms with E-state index in [2.05, 4.69) is 15.6 Å². The molecular weight excluding hydrogens is 548 g/mol. The molecule has 0 saturated heterocycles. The lowest BCUT2D eigenvalue weighted by molar-refractivity contribution is -0.138. The standard InChI is InChI=1S/C33H42N4O6/c1-7-20-19(6)32(42)37-27(20)14-25-18(5)23(10-12-31(40)41)29(35-25)15-28-22(9-11-30(38)39)17(4)24(34-28)13-26-16(3)21(8-2)33(43)36-26/h15,26-27,35H,7-14H2,1-6H3,(H,36,43)(H,37,42)(H,38,39)(H,40,41)/b28-15+/t26-,27+/m0/s1. The van der Waals surface area contributed by atoms with E-state index in [1.807, 2.05) is 47.6 Å². The number of rotatable bonds is 13. The number of carboxylic acid groups (broad SMARTS) is 2. The van der Waals surface area contributed by atoms with Crippen molar-refractivity contribution in [1.82, 2.24) is 15.6 Å². The van der Waals surface area contributed by atoms with Crippen LogP contribution in [0.2, 0.25) is 0 Å². The summed E-state index contributed by atoms with van der Waals surface area (Å²) < 4.78 is 0. The van der Waals surface area contributed by atoms with Gasteiger partial charge in [0.25, 0.3) is 0 Å². The summed E-state index contributed by atoms with van der Waals surface area (Å²) in [6, 6.07) is -0.314. The molecule has 230 valence electrons. The zero-order chi connectivity index (χ0) is 31.6. The quantitative estimate of drug-likeness (QED) is 0.224. The maximum absolute atomic E-state index is 12.4. The highest BCUT2D eigenvalue weighted by atomic mass is 16.4. The van der Waals surface area contributed by atoms with Gasteiger partial charge in [-0.2, -0.15) is 0 Å². The summed E-state index contributed by atoms with van der Waals surface area (Å²) >= 11 is 0. The lowest BCUT2D eigenvalue weighted by atomic mass is 9.95. The van der Waals surface area contributed by atoms with Crippen LogP contribution in [0.1, 0.15) is 95.7 Å². The van der Waals surface area contributed by atoms with Gasteiger partial charge in [0, 0.05) is 53.9 Å². The highest BCUT2D eigenvalue weighted by Gasteiger charge is 2.32. The predicted octanol–water partition coefficient (Wildman–Crippen LogP) is 4.70. The first-order chi connectivity index (χ1) is 20.4. The van der Waals surface area contributed by atoms with Crippen molar-refractivity contribution >= 4 is 35.5 Å². The summed E-state index contributed by atoms with van der Waals surface area (Å²) in [7, 11) is 0. The molecule has 3 aliphatic rings. The molecule has 0 bridgehead atoms. The number of carbonyl (C=O) groups excluding carboxylic acids is 2. The molecule has 0 spiro atoms. The van der Waals surface area contributed by atoms with Crippen molar-refractivity contribution in [3.8, 4) is 0 Å². The molecule has 43 heavy (non-hydrogen) atoms. The Bertz CT molecular complexity index is 1530. The zero-order valence-electron chi connectivity index (χ0n) is 25.9. The van der Waals surface area contributed by atoms with Gasteiger partial charge in [-0.05, 0) is 92.9 Å². The van der Waals surface area contributed by atoms with Crippen LogP contribution in [-0.2, 0) is 32.0 Å². The molecule has 10 nitrogen and oxygen atoms in total. The van der Waals surface area contributed by atoms with E-state index in [1.165, 1.54) is 0 Å². The van der Waals surface area contributed by atoms with Gasteiger partial charge in [-0.25, -0.2) is 0 Å². The summed E-state index contributed by atoms with van der Waals surface area (Å²) in [4.78, 5) is 56.3. The van der Waals surface area contributed by atoms with Gasteiger partial charge in [0.1, 0.15) is 0 Å². The Morgan fingerprint density at radius 3 is 2.09 bits per heavy atom. The van der Waals surface area contributed by atoms with Crippen molar-refractivity contribution in [3.05, 3.63) is 61.7 Å². The van der Waals surface area contributed by atoms with Crippen LogP contribution in [0.25, 0.3) is 6.08 Å². The number of H-pyrrole nitrogens is 1. The average molecular weight is 591 g/mol. The number of amides is 2. The van der Waals surface area contributed by atoms with E-state index in [-0.39, 0.29) is 36.7 Å². The SMILES string of the molecule is CCC1=C(C)[C@H](CC2=N/C(=C/c3[nH]c(C[C@H]4NC(=O)C(C)=C4CC)c(C)c3CCC(=O)O)C(CCC(=O)O)=C2C)NC1=O. The van der Waals surface area contributed by atoms with Gasteiger partial charge >= 0.3 is 11.9 Å². The molecule has 0 aromatic carbocycles. The number of allylic oxidation sites excluding steroid dienone is 2. The summed E-state index contributed by atoms with van der Waals surface area (Å²) in [5, 5.41) is 25.0. The van der Waals surface area contributed by atoms with Crippen LogP contribution in [0.15, 0.2) is 44.1 Å². The maximum atomic E-state index is 12.4. The van der Waals surface area contributed by atoms with Gasteiger partial charge in [-0.15, -0.1) is 0 Å². The monoisotopic (exact) mass is 590 g/mol. The molecule has 3 aliphatic heterocycles. The van der Waals surface area contributed by atoms with Crippen LogP contribution in [0.4, 0.5) is 0 Å². The van der Waals surface area contributed by atoms with Gasteiger partial charge in [0.15, 0.2) is 0 Å². The van der Waals surface area contributed by atoms with Gasteiger partial charge in [-0.3, -0.25) is 24.2 Å². The van der Waals surface area contributed by atoms with Crippen LogP contribution in [0.3, 0.4) is 0 Å². The third-order valence-corrected chi connectivity index (χ3v) is 9.09. The number of hydrogen-bond donors (Lipinski definition) is 5. The number of aromatic nitrogens is 1. The third kappa shape index (κ3) is 6.58. The van der Waals surface area contributed by atoms with E-state index in [9.17, 15) is 29.4 Å². The molecular formula is C33H42N4O6. The molecule has 10 heteroatoms. The number of carboxylic acids is 2. The Labute approximate surface area is 252 Å². The van der Waals surface area contributed by atoms with Crippen LogP contribution >= 0.6 is 0 Å². The van der Waals surface area contributed by atoms with Crippen molar-refractivity contribution in [2.75, 3.05) is 0 Å². The smallest absolute Gasteiger partial charge is 0.303 e. The molecule has 4 rings (SSSR count). The van der Waals surface area contributed by atoms with E-state index >= 15 is 0 Å². The fourth-order valence-electron chi connectivity index (χ4n) is 6.49. The lowest BCUT2D eigenvalue weighted by Gasteiger charge is -2.14. The van der Waals surface area contributed by atoms with Crippen LogP contribution < -0.4 is 10.6 Å². The molecule has 0 radical (unpaired) electrons. The van der Waals surface area contributed by atoms with Gasteiger partial charge in [0.2, 0.25) is 11.8 Å². The number of nitrogens with one attached hydrogen (secondary N) is 3. The molecule has 5 N–H and O–H groups in total. The largest absolute Gasteiger partial charge is 0.481 e. The third-order valence-electron chi connectivity index (χ3n) is 9.09. The number of carbonyl (C=O) groups is 4. The first kappa shape index (κ1) is 31.7. The fraction of sp³-hybridized carbons (Fsp3) is 0.485. The van der Waals surface area contributed by atoms with E-state index in [0.29, 0.717) is 37.8 Å². The van der Waals surface area contributed by atoms with E-state index in [1.54, 1.807) is 0 Å². The van der Waals surface area contributed by atoms with Crippen LogP contribution in [0.5, 0.6) is 0 Å². The summed E-state index contributed by atoms with van der Waals surface area (Å²) in [5.41, 5.74) is 10.2.